The smallest absolute Gasteiger partial charge is 0.871 e. The predicted molar refractivity (Wildman–Crippen MR) is 119 cm³/mol. The van der Waals surface area contributed by atoms with Crippen molar-refractivity contribution >= 4 is 76.1 Å². The zero-order chi connectivity index (χ0) is 19.7. The number of hydrogen-bond donors (Lipinski definition) is 0. The fraction of sp³-hybridized carbons (Fsp3) is 0.222. The molecule has 0 aliphatic rings. The molecule has 0 atom stereocenters. The van der Waals surface area contributed by atoms with E-state index in [1.165, 1.54) is 0 Å². The van der Waals surface area contributed by atoms with Crippen molar-refractivity contribution in [2.45, 2.75) is 13.8 Å². The summed E-state index contributed by atoms with van der Waals surface area (Å²) >= 11 is 13.0. The molecule has 0 bridgehead atoms. The fourth-order valence-electron chi connectivity index (χ4n) is 1.73. The minimum absolute atomic E-state index is 0. The standard InChI is InChI=1S/2C9H9Br2NO.Co/c2*1-2-12-5-6-3-7(10)4-8(11)9(6)13;/h2*3-5,13H,2H2,1H3;/q;;+2/p-2. The molecule has 0 aliphatic heterocycles. The fourth-order valence-corrected chi connectivity index (χ4v) is 4.25. The Morgan fingerprint density at radius 3 is 1.37 bits per heavy atom. The van der Waals surface area contributed by atoms with E-state index in [4.69, 9.17) is 0 Å². The molecule has 147 valence electrons. The molecule has 0 amide bonds. The van der Waals surface area contributed by atoms with E-state index in [1.54, 1.807) is 36.7 Å². The van der Waals surface area contributed by atoms with E-state index in [-0.39, 0.29) is 28.3 Å². The van der Waals surface area contributed by atoms with Crippen molar-refractivity contribution in [3.05, 3.63) is 53.3 Å². The van der Waals surface area contributed by atoms with Crippen LogP contribution in [0.25, 0.3) is 0 Å². The van der Waals surface area contributed by atoms with Crippen LogP contribution in [0.1, 0.15) is 25.0 Å². The first-order valence-electron chi connectivity index (χ1n) is 7.61. The SMILES string of the molecule is CCN=Cc1cc(Br)cc(Br)c1[O-].CCN=Cc1cc(Br)cc(Br)c1[O-].[Co+2]. The monoisotopic (exact) mass is 667 g/mol. The molecule has 2 rings (SSSR count). The molecule has 27 heavy (non-hydrogen) atoms. The quantitative estimate of drug-likeness (QED) is 0.407. The molecule has 0 spiro atoms. The van der Waals surface area contributed by atoms with Gasteiger partial charge in [-0.25, -0.2) is 0 Å². The molecule has 9 heteroatoms. The normalized spacial score (nSPS) is 10.6. The molecule has 4 nitrogen and oxygen atoms in total. The van der Waals surface area contributed by atoms with Gasteiger partial charge in [0.2, 0.25) is 0 Å². The summed E-state index contributed by atoms with van der Waals surface area (Å²) in [6.07, 6.45) is 3.19. The number of hydrogen-bond acceptors (Lipinski definition) is 4. The third-order valence-corrected chi connectivity index (χ3v) is 4.99. The first-order valence-corrected chi connectivity index (χ1v) is 10.8. The number of rotatable bonds is 4. The van der Waals surface area contributed by atoms with Gasteiger partial charge < -0.3 is 10.2 Å². The van der Waals surface area contributed by atoms with Crippen molar-refractivity contribution in [2.75, 3.05) is 13.1 Å². The Morgan fingerprint density at radius 1 is 0.741 bits per heavy atom. The maximum atomic E-state index is 11.5. The molecule has 0 aliphatic carbocycles. The van der Waals surface area contributed by atoms with Crippen LogP contribution in [0, 0.1) is 0 Å². The third-order valence-electron chi connectivity index (χ3n) is 2.90. The summed E-state index contributed by atoms with van der Waals surface area (Å²) < 4.78 is 2.85. The van der Waals surface area contributed by atoms with Crippen molar-refractivity contribution in [3.8, 4) is 11.5 Å². The van der Waals surface area contributed by atoms with Crippen LogP contribution < -0.4 is 10.2 Å². The number of benzene rings is 2. The number of aliphatic imine (C=N–C) groups is 2. The largest absolute Gasteiger partial charge is 2.00 e. The summed E-state index contributed by atoms with van der Waals surface area (Å²) in [4.78, 5) is 8.04. The zero-order valence-electron chi connectivity index (χ0n) is 14.4. The molecule has 0 heterocycles. The van der Waals surface area contributed by atoms with Gasteiger partial charge in [-0.1, -0.05) is 75.2 Å². The first-order chi connectivity index (χ1) is 12.3. The molecule has 0 saturated carbocycles. The van der Waals surface area contributed by atoms with Crippen LogP contribution in [0.4, 0.5) is 0 Å². The Labute approximate surface area is 203 Å². The Balaban J connectivity index is 0.000000483. The van der Waals surface area contributed by atoms with Crippen molar-refractivity contribution < 1.29 is 27.0 Å². The number of halogens is 4. The van der Waals surface area contributed by atoms with Gasteiger partial charge in [0, 0.05) is 43.4 Å². The van der Waals surface area contributed by atoms with Gasteiger partial charge in [-0.3, -0.25) is 9.98 Å². The van der Waals surface area contributed by atoms with Crippen molar-refractivity contribution in [3.63, 3.8) is 0 Å². The van der Waals surface area contributed by atoms with E-state index in [0.717, 1.165) is 8.95 Å². The van der Waals surface area contributed by atoms with Gasteiger partial charge in [0.05, 0.1) is 0 Å². The second-order valence-corrected chi connectivity index (χ2v) is 8.41. The van der Waals surface area contributed by atoms with Gasteiger partial charge in [-0.05, 0) is 49.2 Å². The van der Waals surface area contributed by atoms with Gasteiger partial charge in [-0.15, -0.1) is 0 Å². The van der Waals surface area contributed by atoms with Crippen molar-refractivity contribution in [1.82, 2.24) is 0 Å². The molecule has 2 aromatic rings. The molecule has 0 fully saturated rings. The Kier molecular flexibility index (Phi) is 13.8. The summed E-state index contributed by atoms with van der Waals surface area (Å²) in [5.41, 5.74) is 1.20. The van der Waals surface area contributed by atoms with Crippen LogP contribution in [0.5, 0.6) is 11.5 Å². The second kappa shape index (κ2) is 13.9. The molecule has 0 unspecified atom stereocenters. The van der Waals surface area contributed by atoms with Crippen LogP contribution in [-0.4, -0.2) is 25.5 Å². The van der Waals surface area contributed by atoms with E-state index in [1.807, 2.05) is 13.8 Å². The topological polar surface area (TPSA) is 70.8 Å². The van der Waals surface area contributed by atoms with Gasteiger partial charge in [0.25, 0.3) is 0 Å². The van der Waals surface area contributed by atoms with Crippen LogP contribution in [0.2, 0.25) is 0 Å². The van der Waals surface area contributed by atoms with Crippen LogP contribution >= 0.6 is 63.7 Å². The molecule has 2 aromatic carbocycles. The summed E-state index contributed by atoms with van der Waals surface area (Å²) in [7, 11) is 0. The molecule has 1 radical (unpaired) electrons. The molecular weight excluding hydrogens is 655 g/mol. The maximum absolute atomic E-state index is 11.5. The summed E-state index contributed by atoms with van der Waals surface area (Å²) in [6, 6.07) is 6.97. The molecule has 0 N–H and O–H groups in total. The summed E-state index contributed by atoms with van der Waals surface area (Å²) in [5.74, 6) is -0.0548. The minimum Gasteiger partial charge on any atom is -0.871 e. The zero-order valence-corrected chi connectivity index (χ0v) is 21.8. The summed E-state index contributed by atoms with van der Waals surface area (Å²) in [6.45, 7) is 5.22. The average Bonchev–Trinajstić information content (AvgIpc) is 2.59. The Bertz CT molecular complexity index is 747. The van der Waals surface area contributed by atoms with E-state index in [9.17, 15) is 10.2 Å². The van der Waals surface area contributed by atoms with E-state index in [0.29, 0.717) is 33.2 Å². The molecule has 0 aromatic heterocycles. The van der Waals surface area contributed by atoms with Crippen LogP contribution in [0.3, 0.4) is 0 Å². The molecule has 0 saturated heterocycles. The van der Waals surface area contributed by atoms with E-state index < -0.39 is 0 Å². The Hall–Kier alpha value is -0.194. The predicted octanol–water partition coefficient (Wildman–Crippen LogP) is 5.45. The van der Waals surface area contributed by atoms with Crippen molar-refractivity contribution in [1.29, 1.82) is 0 Å². The van der Waals surface area contributed by atoms with Gasteiger partial charge >= 0.3 is 16.8 Å². The second-order valence-electron chi connectivity index (χ2n) is 4.87. The van der Waals surface area contributed by atoms with Gasteiger partial charge in [0.1, 0.15) is 0 Å². The van der Waals surface area contributed by atoms with Crippen LogP contribution in [-0.2, 0) is 16.8 Å². The average molecular weight is 671 g/mol. The molecular formula is C18H16Br4CoN2O2. The van der Waals surface area contributed by atoms with Crippen LogP contribution in [0.15, 0.2) is 52.1 Å². The van der Waals surface area contributed by atoms with E-state index >= 15 is 0 Å². The van der Waals surface area contributed by atoms with Gasteiger partial charge in [0.15, 0.2) is 0 Å². The number of nitrogens with zero attached hydrogens (tertiary/aromatic N) is 2. The van der Waals surface area contributed by atoms with Crippen molar-refractivity contribution in [2.24, 2.45) is 9.98 Å². The van der Waals surface area contributed by atoms with Gasteiger partial charge in [-0.2, -0.15) is 0 Å². The minimum atomic E-state index is -0.0274. The maximum Gasteiger partial charge on any atom is 2.00 e. The van der Waals surface area contributed by atoms with E-state index in [2.05, 4.69) is 73.7 Å². The summed E-state index contributed by atoms with van der Waals surface area (Å²) in [5, 5.41) is 22.9. The first kappa shape index (κ1) is 26.8. The Morgan fingerprint density at radius 2 is 1.07 bits per heavy atom. The third kappa shape index (κ3) is 9.23.